The molecule has 0 bridgehead atoms. The van der Waals surface area contributed by atoms with Gasteiger partial charge in [-0.3, -0.25) is 4.90 Å². The van der Waals surface area contributed by atoms with Crippen molar-refractivity contribution in [2.45, 2.75) is 58.0 Å². The molecule has 1 aromatic heterocycles. The van der Waals surface area contributed by atoms with Crippen molar-refractivity contribution in [3.8, 4) is 0 Å². The quantitative estimate of drug-likeness (QED) is 0.595. The summed E-state index contributed by atoms with van der Waals surface area (Å²) in [6, 6.07) is 5.53. The Hall–Kier alpha value is -1.47. The highest BCUT2D eigenvalue weighted by Gasteiger charge is 2.47. The van der Waals surface area contributed by atoms with Gasteiger partial charge in [-0.2, -0.15) is 0 Å². The van der Waals surface area contributed by atoms with E-state index in [1.807, 2.05) is 16.8 Å². The van der Waals surface area contributed by atoms with Gasteiger partial charge in [-0.1, -0.05) is 75.0 Å². The van der Waals surface area contributed by atoms with Crippen LogP contribution < -0.4 is 0 Å². The Labute approximate surface area is 194 Å². The van der Waals surface area contributed by atoms with Gasteiger partial charge in [-0.25, -0.2) is 4.68 Å². The Morgan fingerprint density at radius 2 is 1.84 bits per heavy atom. The second-order valence-electron chi connectivity index (χ2n) is 9.62. The molecule has 0 spiro atoms. The lowest BCUT2D eigenvalue weighted by Crippen LogP contribution is -2.51. The third-order valence-corrected chi connectivity index (χ3v) is 7.09. The first-order valence-electron chi connectivity index (χ1n) is 11.1. The molecule has 1 unspecified atom stereocenters. The summed E-state index contributed by atoms with van der Waals surface area (Å²) in [7, 11) is 0. The van der Waals surface area contributed by atoms with E-state index in [-0.39, 0.29) is 17.0 Å². The predicted molar refractivity (Wildman–Crippen MR) is 124 cm³/mol. The van der Waals surface area contributed by atoms with Gasteiger partial charge in [0.15, 0.2) is 5.82 Å². The molecule has 0 radical (unpaired) electrons. The highest BCUT2D eigenvalue weighted by molar-refractivity contribution is 6.35. The van der Waals surface area contributed by atoms with Crippen molar-refractivity contribution >= 4 is 29.3 Å². The van der Waals surface area contributed by atoms with Crippen LogP contribution in [0.1, 0.15) is 63.9 Å². The van der Waals surface area contributed by atoms with Gasteiger partial charge in [0.1, 0.15) is 0 Å². The molecule has 1 atom stereocenters. The van der Waals surface area contributed by atoms with Crippen molar-refractivity contribution < 1.29 is 4.74 Å². The van der Waals surface area contributed by atoms with Crippen molar-refractivity contribution in [1.82, 2.24) is 25.1 Å². The zero-order chi connectivity index (χ0) is 22.1. The van der Waals surface area contributed by atoms with Crippen molar-refractivity contribution in [2.75, 3.05) is 26.3 Å². The van der Waals surface area contributed by atoms with Gasteiger partial charge in [-0.15, -0.1) is 5.10 Å². The summed E-state index contributed by atoms with van der Waals surface area (Å²) in [5.74, 6) is 0.971. The van der Waals surface area contributed by atoms with Gasteiger partial charge < -0.3 is 4.74 Å². The van der Waals surface area contributed by atoms with E-state index in [1.54, 1.807) is 6.07 Å². The molecule has 1 aliphatic carbocycles. The topological polar surface area (TPSA) is 56.1 Å². The van der Waals surface area contributed by atoms with Gasteiger partial charge in [-0.05, 0) is 46.4 Å². The largest absolute Gasteiger partial charge is 0.379 e. The molecule has 0 amide bonds. The van der Waals surface area contributed by atoms with Gasteiger partial charge >= 0.3 is 0 Å². The van der Waals surface area contributed by atoms with Crippen LogP contribution in [0, 0.1) is 5.41 Å². The number of rotatable bonds is 5. The summed E-state index contributed by atoms with van der Waals surface area (Å²) in [4.78, 5) is 2.55. The molecule has 2 aliphatic rings. The number of hydrogen-bond donors (Lipinski definition) is 0. The molecular formula is C23H31Cl2N5O. The molecule has 2 aromatic rings. The number of aromatic nitrogens is 4. The lowest BCUT2D eigenvalue weighted by Gasteiger charge is -2.43. The number of hydrogen-bond acceptors (Lipinski definition) is 5. The van der Waals surface area contributed by atoms with Crippen LogP contribution in [0.25, 0.3) is 6.08 Å². The van der Waals surface area contributed by atoms with Crippen molar-refractivity contribution in [3.63, 3.8) is 0 Å². The number of nitrogens with zero attached hydrogens (tertiary/aromatic N) is 5. The molecule has 4 rings (SSSR count). The SMILES string of the molecule is CC(C)(C)C(C=Cc1ccc(Cl)cc1Cl)n1nnnc1C1(N2CCOCC2)CCCC1. The van der Waals surface area contributed by atoms with Crippen molar-refractivity contribution in [2.24, 2.45) is 5.41 Å². The highest BCUT2D eigenvalue weighted by atomic mass is 35.5. The molecular weight excluding hydrogens is 433 g/mol. The molecule has 8 heteroatoms. The van der Waals surface area contributed by atoms with Gasteiger partial charge in [0, 0.05) is 23.1 Å². The van der Waals surface area contributed by atoms with Crippen LogP contribution in [-0.4, -0.2) is 51.4 Å². The third kappa shape index (κ3) is 4.68. The smallest absolute Gasteiger partial charge is 0.172 e. The number of ether oxygens (including phenoxy) is 1. The molecule has 2 fully saturated rings. The minimum absolute atomic E-state index is 0.0252. The Kier molecular flexibility index (Phi) is 6.73. The Morgan fingerprint density at radius 1 is 1.13 bits per heavy atom. The van der Waals surface area contributed by atoms with E-state index < -0.39 is 0 Å². The fourth-order valence-electron chi connectivity index (χ4n) is 4.89. The first kappa shape index (κ1) is 22.7. The van der Waals surface area contributed by atoms with Gasteiger partial charge in [0.25, 0.3) is 0 Å². The van der Waals surface area contributed by atoms with Crippen LogP contribution in [0.3, 0.4) is 0 Å². The molecule has 1 saturated carbocycles. The Bertz CT molecular complexity index is 924. The summed E-state index contributed by atoms with van der Waals surface area (Å²) < 4.78 is 7.67. The van der Waals surface area contributed by atoms with E-state index in [0.717, 1.165) is 50.5 Å². The Morgan fingerprint density at radius 3 is 2.48 bits per heavy atom. The van der Waals surface area contributed by atoms with Crippen molar-refractivity contribution in [1.29, 1.82) is 0 Å². The molecule has 1 aliphatic heterocycles. The first-order chi connectivity index (χ1) is 14.8. The van der Waals surface area contributed by atoms with E-state index >= 15 is 0 Å². The standard InChI is InChI=1S/C23H31Cl2N5O/c1-22(2,3)20(9-7-17-6-8-18(24)16-19(17)25)30-21(26-27-28-30)23(10-4-5-11-23)29-12-14-31-15-13-29/h6-9,16,20H,4-5,10-15H2,1-3H3. The summed E-state index contributed by atoms with van der Waals surface area (Å²) in [6.07, 6.45) is 8.77. The number of allylic oxidation sites excluding steroid dienone is 1. The summed E-state index contributed by atoms with van der Waals surface area (Å²) >= 11 is 12.5. The van der Waals surface area contributed by atoms with E-state index in [4.69, 9.17) is 27.9 Å². The maximum Gasteiger partial charge on any atom is 0.172 e. The van der Waals surface area contributed by atoms with Crippen LogP contribution in [0.5, 0.6) is 0 Å². The first-order valence-corrected chi connectivity index (χ1v) is 11.8. The van der Waals surface area contributed by atoms with E-state index in [2.05, 4.69) is 53.3 Å². The van der Waals surface area contributed by atoms with Crippen LogP contribution >= 0.6 is 23.2 Å². The van der Waals surface area contributed by atoms with Crippen LogP contribution in [-0.2, 0) is 10.3 Å². The number of halogens is 2. The summed E-state index contributed by atoms with van der Waals surface area (Å²) in [5, 5.41) is 14.5. The second kappa shape index (κ2) is 9.18. The highest BCUT2D eigenvalue weighted by Crippen LogP contribution is 2.45. The monoisotopic (exact) mass is 463 g/mol. The third-order valence-electron chi connectivity index (χ3n) is 6.53. The van der Waals surface area contributed by atoms with Crippen LogP contribution in [0.2, 0.25) is 10.0 Å². The van der Waals surface area contributed by atoms with E-state index in [9.17, 15) is 0 Å². The predicted octanol–water partition coefficient (Wildman–Crippen LogP) is 5.38. The van der Waals surface area contributed by atoms with Crippen molar-refractivity contribution in [3.05, 3.63) is 45.7 Å². The number of benzene rings is 1. The maximum absolute atomic E-state index is 6.41. The number of tetrazole rings is 1. The molecule has 168 valence electrons. The molecule has 31 heavy (non-hydrogen) atoms. The minimum Gasteiger partial charge on any atom is -0.379 e. The molecule has 1 aromatic carbocycles. The zero-order valence-corrected chi connectivity index (χ0v) is 20.0. The second-order valence-corrected chi connectivity index (χ2v) is 10.5. The van der Waals surface area contributed by atoms with Crippen LogP contribution in [0.15, 0.2) is 24.3 Å². The lowest BCUT2D eigenvalue weighted by molar-refractivity contribution is -0.0291. The average molecular weight is 464 g/mol. The fourth-order valence-corrected chi connectivity index (χ4v) is 5.36. The lowest BCUT2D eigenvalue weighted by atomic mass is 9.85. The summed E-state index contributed by atoms with van der Waals surface area (Å²) in [6.45, 7) is 10.0. The minimum atomic E-state index is -0.122. The average Bonchev–Trinajstić information content (AvgIpc) is 3.40. The normalized spacial score (nSPS) is 21.1. The zero-order valence-electron chi connectivity index (χ0n) is 18.5. The molecule has 6 nitrogen and oxygen atoms in total. The van der Waals surface area contributed by atoms with Crippen LogP contribution in [0.4, 0.5) is 0 Å². The molecule has 2 heterocycles. The maximum atomic E-state index is 6.41. The summed E-state index contributed by atoms with van der Waals surface area (Å²) in [5.41, 5.74) is 0.714. The van der Waals surface area contributed by atoms with E-state index in [0.29, 0.717) is 10.0 Å². The van der Waals surface area contributed by atoms with Gasteiger partial charge in [0.05, 0.1) is 24.8 Å². The van der Waals surface area contributed by atoms with Gasteiger partial charge in [0.2, 0.25) is 0 Å². The Balaban J connectivity index is 1.73. The molecule has 0 N–H and O–H groups in total. The fraction of sp³-hybridized carbons (Fsp3) is 0.609. The van der Waals surface area contributed by atoms with E-state index in [1.165, 1.54) is 12.8 Å². The number of morpholine rings is 1. The molecule has 1 saturated heterocycles.